The molecular weight excluding hydrogens is 500 g/mol. The van der Waals surface area contributed by atoms with Gasteiger partial charge in [0.1, 0.15) is 12.3 Å². The van der Waals surface area contributed by atoms with Gasteiger partial charge in [0.25, 0.3) is 0 Å². The quantitative estimate of drug-likeness (QED) is 0.420. The third-order valence-electron chi connectivity index (χ3n) is 5.16. The second kappa shape index (κ2) is 10.3. The Bertz CT molecular complexity index is 1320. The van der Waals surface area contributed by atoms with Gasteiger partial charge in [-0.3, -0.25) is 0 Å². The summed E-state index contributed by atoms with van der Waals surface area (Å²) in [6.07, 6.45) is 3.45. The molecule has 0 fully saturated rings. The molecule has 0 saturated carbocycles. The smallest absolute Gasteiger partial charge is 0.406 e. The van der Waals surface area contributed by atoms with Crippen molar-refractivity contribution >= 4 is 23.0 Å². The summed E-state index contributed by atoms with van der Waals surface area (Å²) in [6, 6.07) is 11.2. The van der Waals surface area contributed by atoms with E-state index in [1.54, 1.807) is 47.9 Å². The first-order chi connectivity index (χ1) is 17.5. The normalized spacial score (nSPS) is 15.2. The van der Waals surface area contributed by atoms with Crippen molar-refractivity contribution in [2.24, 2.45) is 0 Å². The van der Waals surface area contributed by atoms with Crippen molar-refractivity contribution < 1.29 is 35.9 Å². The van der Waals surface area contributed by atoms with Crippen LogP contribution in [0.15, 0.2) is 96.9 Å². The molecule has 192 valence electrons. The minimum absolute atomic E-state index is 0.301. The number of alkyl halides is 6. The SMILES string of the molecule is O=C(NCC(F)(F)F)Nc1cccc(C2=CC=CC=C3C=C(c4ccc(OC(F)(F)F)cc4)C=CN32)c1. The fourth-order valence-electron chi connectivity index (χ4n) is 3.62. The van der Waals surface area contributed by atoms with Crippen molar-refractivity contribution in [1.82, 2.24) is 10.2 Å². The third-order valence-corrected chi connectivity index (χ3v) is 5.16. The fourth-order valence-corrected chi connectivity index (χ4v) is 3.62. The Morgan fingerprint density at radius 2 is 1.65 bits per heavy atom. The van der Waals surface area contributed by atoms with Gasteiger partial charge in [0.15, 0.2) is 0 Å². The Balaban J connectivity index is 1.51. The molecule has 4 rings (SSSR count). The monoisotopic (exact) mass is 519 g/mol. The summed E-state index contributed by atoms with van der Waals surface area (Å²) in [5.41, 5.74) is 3.90. The average molecular weight is 519 g/mol. The summed E-state index contributed by atoms with van der Waals surface area (Å²) in [6.45, 7) is -1.45. The minimum atomic E-state index is -4.77. The highest BCUT2D eigenvalue weighted by atomic mass is 19.4. The molecule has 2 aliphatic rings. The molecule has 2 heterocycles. The van der Waals surface area contributed by atoms with Crippen LogP contribution in [-0.4, -0.2) is 30.0 Å². The second-order valence-electron chi connectivity index (χ2n) is 7.89. The molecular formula is C26H19F6N3O2. The van der Waals surface area contributed by atoms with Gasteiger partial charge >= 0.3 is 18.6 Å². The van der Waals surface area contributed by atoms with Crippen LogP contribution in [0.25, 0.3) is 11.3 Å². The number of anilines is 1. The summed E-state index contributed by atoms with van der Waals surface area (Å²) < 4.78 is 78.2. The summed E-state index contributed by atoms with van der Waals surface area (Å²) in [7, 11) is 0. The fraction of sp³-hybridized carbons (Fsp3) is 0.115. The van der Waals surface area contributed by atoms with Gasteiger partial charge in [0.05, 0.1) is 5.70 Å². The molecule has 2 N–H and O–H groups in total. The van der Waals surface area contributed by atoms with E-state index in [2.05, 4.69) is 10.1 Å². The van der Waals surface area contributed by atoms with E-state index >= 15 is 0 Å². The van der Waals surface area contributed by atoms with Crippen molar-refractivity contribution in [1.29, 1.82) is 0 Å². The lowest BCUT2D eigenvalue weighted by atomic mass is 10.0. The number of carbonyl (C=O) groups excluding carboxylic acids is 1. The number of benzene rings is 2. The predicted octanol–water partition coefficient (Wildman–Crippen LogP) is 6.98. The first kappa shape index (κ1) is 25.7. The number of fused-ring (bicyclic) bond motifs is 1. The number of urea groups is 1. The van der Waals surface area contributed by atoms with Gasteiger partial charge in [-0.05, 0) is 59.7 Å². The Morgan fingerprint density at radius 3 is 2.35 bits per heavy atom. The van der Waals surface area contributed by atoms with E-state index in [1.165, 1.54) is 24.3 Å². The van der Waals surface area contributed by atoms with Crippen LogP contribution in [0.4, 0.5) is 36.8 Å². The number of hydrogen-bond acceptors (Lipinski definition) is 3. The van der Waals surface area contributed by atoms with Crippen molar-refractivity contribution in [3.63, 3.8) is 0 Å². The lowest BCUT2D eigenvalue weighted by Crippen LogP contribution is -2.36. The van der Waals surface area contributed by atoms with Crippen LogP contribution in [0.3, 0.4) is 0 Å². The highest BCUT2D eigenvalue weighted by molar-refractivity contribution is 5.90. The van der Waals surface area contributed by atoms with E-state index in [4.69, 9.17) is 0 Å². The zero-order chi connectivity index (χ0) is 26.6. The molecule has 0 aromatic heterocycles. The summed E-state index contributed by atoms with van der Waals surface area (Å²) in [4.78, 5) is 13.7. The maximum Gasteiger partial charge on any atom is 0.573 e. The van der Waals surface area contributed by atoms with Crippen LogP contribution in [0, 0.1) is 0 Å². The van der Waals surface area contributed by atoms with Crippen molar-refractivity contribution in [2.75, 3.05) is 11.9 Å². The number of nitrogens with zero attached hydrogens (tertiary/aromatic N) is 1. The Hall–Kier alpha value is -4.41. The molecule has 37 heavy (non-hydrogen) atoms. The second-order valence-corrected chi connectivity index (χ2v) is 7.89. The molecule has 0 atom stereocenters. The number of amides is 2. The Labute approximate surface area is 207 Å². The number of nitrogens with one attached hydrogen (secondary N) is 2. The van der Waals surface area contributed by atoms with Gasteiger partial charge < -0.3 is 20.3 Å². The van der Waals surface area contributed by atoms with Gasteiger partial charge in [0, 0.05) is 23.1 Å². The number of halogens is 6. The van der Waals surface area contributed by atoms with Gasteiger partial charge in [-0.25, -0.2) is 4.79 Å². The molecule has 0 aliphatic carbocycles. The Kier molecular flexibility index (Phi) is 7.14. The van der Waals surface area contributed by atoms with Crippen molar-refractivity contribution in [2.45, 2.75) is 12.5 Å². The number of allylic oxidation sites excluding steroid dienone is 7. The van der Waals surface area contributed by atoms with Gasteiger partial charge in [-0.15, -0.1) is 13.2 Å². The zero-order valence-corrected chi connectivity index (χ0v) is 18.9. The molecule has 0 unspecified atom stereocenters. The van der Waals surface area contributed by atoms with Crippen molar-refractivity contribution in [3.05, 3.63) is 108 Å². The molecule has 2 aliphatic heterocycles. The van der Waals surface area contributed by atoms with Crippen LogP contribution in [-0.2, 0) is 0 Å². The summed E-state index contributed by atoms with van der Waals surface area (Å²) in [5.74, 6) is -0.319. The van der Waals surface area contributed by atoms with Crippen LogP contribution in [0.2, 0.25) is 0 Å². The Morgan fingerprint density at radius 1 is 0.919 bits per heavy atom. The lowest BCUT2D eigenvalue weighted by molar-refractivity contribution is -0.274. The molecule has 2 aromatic carbocycles. The molecule has 0 bridgehead atoms. The maximum atomic E-state index is 12.4. The number of ether oxygens (including phenoxy) is 1. The van der Waals surface area contributed by atoms with Crippen LogP contribution in [0.1, 0.15) is 11.1 Å². The minimum Gasteiger partial charge on any atom is -0.406 e. The van der Waals surface area contributed by atoms with E-state index in [1.807, 2.05) is 29.2 Å². The van der Waals surface area contributed by atoms with E-state index in [9.17, 15) is 31.1 Å². The zero-order valence-electron chi connectivity index (χ0n) is 18.9. The molecule has 0 spiro atoms. The van der Waals surface area contributed by atoms with Crippen LogP contribution in [0.5, 0.6) is 5.75 Å². The van der Waals surface area contributed by atoms with E-state index in [0.717, 1.165) is 17.0 Å². The highest BCUT2D eigenvalue weighted by Gasteiger charge is 2.31. The summed E-state index contributed by atoms with van der Waals surface area (Å²) in [5, 5.41) is 4.15. The largest absolute Gasteiger partial charge is 0.573 e. The number of hydrogen-bond donors (Lipinski definition) is 2. The molecule has 2 amide bonds. The third kappa shape index (κ3) is 7.06. The average Bonchev–Trinajstić information content (AvgIpc) is 3.04. The molecule has 5 nitrogen and oxygen atoms in total. The number of carbonyl (C=O) groups is 1. The first-order valence-corrected chi connectivity index (χ1v) is 10.8. The summed E-state index contributed by atoms with van der Waals surface area (Å²) >= 11 is 0. The topological polar surface area (TPSA) is 53.6 Å². The van der Waals surface area contributed by atoms with Gasteiger partial charge in [0.2, 0.25) is 0 Å². The highest BCUT2D eigenvalue weighted by Crippen LogP contribution is 2.34. The van der Waals surface area contributed by atoms with E-state index in [-0.39, 0.29) is 5.75 Å². The van der Waals surface area contributed by atoms with E-state index in [0.29, 0.717) is 16.8 Å². The maximum absolute atomic E-state index is 12.4. The predicted molar refractivity (Wildman–Crippen MR) is 127 cm³/mol. The molecule has 0 saturated heterocycles. The molecule has 2 aromatic rings. The standard InChI is InChI=1S/C26H19F6N3O2/c27-25(28,29)16-33-24(36)34-20-5-3-4-19(14-20)23-7-2-1-6-21-15-18(12-13-35(21)23)17-8-10-22(11-9-17)37-26(30,31)32/h1-15H,16H2,(H2,33,34,36). The van der Waals surface area contributed by atoms with Gasteiger partial charge in [-0.2, -0.15) is 13.2 Å². The van der Waals surface area contributed by atoms with Crippen molar-refractivity contribution in [3.8, 4) is 5.75 Å². The number of rotatable bonds is 5. The van der Waals surface area contributed by atoms with Crippen LogP contribution < -0.4 is 15.4 Å². The van der Waals surface area contributed by atoms with Gasteiger partial charge in [-0.1, -0.05) is 36.4 Å². The molecule has 11 heteroatoms. The van der Waals surface area contributed by atoms with E-state index < -0.39 is 25.1 Å². The first-order valence-electron chi connectivity index (χ1n) is 10.8. The molecule has 0 radical (unpaired) electrons. The lowest BCUT2D eigenvalue weighted by Gasteiger charge is -2.28. The van der Waals surface area contributed by atoms with Crippen LogP contribution >= 0.6 is 0 Å².